The Labute approximate surface area is 154 Å². The van der Waals surface area contributed by atoms with Crippen LogP contribution in [0.25, 0.3) is 6.08 Å². The fraction of sp³-hybridized carbons (Fsp3) is 0.100. The second kappa shape index (κ2) is 8.82. The Kier molecular flexibility index (Phi) is 6.01. The molecule has 0 aliphatic rings. The molecular formula is C20H17NO4S. The van der Waals surface area contributed by atoms with E-state index in [0.717, 1.165) is 10.4 Å². The summed E-state index contributed by atoms with van der Waals surface area (Å²) < 4.78 is 10.1. The van der Waals surface area contributed by atoms with Crippen LogP contribution in [0.3, 0.4) is 0 Å². The van der Waals surface area contributed by atoms with Crippen molar-refractivity contribution in [3.63, 3.8) is 0 Å². The normalized spacial score (nSPS) is 12.0. The predicted octanol–water partition coefficient (Wildman–Crippen LogP) is 3.80. The van der Waals surface area contributed by atoms with E-state index in [1.165, 1.54) is 18.4 Å². The summed E-state index contributed by atoms with van der Waals surface area (Å²) in [5, 5.41) is 4.87. The van der Waals surface area contributed by atoms with Crippen LogP contribution in [0.2, 0.25) is 0 Å². The highest BCUT2D eigenvalue weighted by Gasteiger charge is 2.18. The molecule has 0 aliphatic carbocycles. The number of hydrogen-bond acceptors (Lipinski definition) is 5. The minimum atomic E-state index is -0.607. The smallest absolute Gasteiger partial charge is 0.331 e. The Balaban J connectivity index is 1.57. The van der Waals surface area contributed by atoms with Crippen molar-refractivity contribution in [2.45, 2.75) is 6.04 Å². The molecule has 2 aromatic heterocycles. The minimum Gasteiger partial charge on any atom is -0.465 e. The van der Waals surface area contributed by atoms with Crippen molar-refractivity contribution in [3.8, 4) is 0 Å². The average molecular weight is 367 g/mol. The van der Waals surface area contributed by atoms with E-state index in [9.17, 15) is 9.59 Å². The zero-order chi connectivity index (χ0) is 18.2. The first-order valence-corrected chi connectivity index (χ1v) is 8.86. The van der Waals surface area contributed by atoms with Gasteiger partial charge in [0, 0.05) is 11.0 Å². The van der Waals surface area contributed by atoms with Crippen molar-refractivity contribution in [1.29, 1.82) is 0 Å². The first kappa shape index (κ1) is 17.7. The average Bonchev–Trinajstić information content (AvgIpc) is 3.37. The van der Waals surface area contributed by atoms with Gasteiger partial charge in [0.25, 0.3) is 5.91 Å². The van der Waals surface area contributed by atoms with Crippen LogP contribution < -0.4 is 5.32 Å². The summed E-state index contributed by atoms with van der Waals surface area (Å²) in [7, 11) is 0. The Morgan fingerprint density at radius 1 is 1.12 bits per heavy atom. The highest BCUT2D eigenvalue weighted by molar-refractivity contribution is 7.10. The van der Waals surface area contributed by atoms with Crippen LogP contribution >= 0.6 is 11.3 Å². The van der Waals surface area contributed by atoms with Crippen molar-refractivity contribution in [1.82, 2.24) is 5.32 Å². The maximum atomic E-state index is 12.2. The van der Waals surface area contributed by atoms with Crippen LogP contribution in [0.5, 0.6) is 0 Å². The molecule has 0 aliphatic heterocycles. The van der Waals surface area contributed by atoms with E-state index in [2.05, 4.69) is 5.32 Å². The van der Waals surface area contributed by atoms with E-state index in [1.807, 2.05) is 47.8 Å². The maximum absolute atomic E-state index is 12.2. The van der Waals surface area contributed by atoms with E-state index in [4.69, 9.17) is 9.15 Å². The lowest BCUT2D eigenvalue weighted by Crippen LogP contribution is -2.32. The molecule has 0 saturated carbocycles. The molecule has 0 unspecified atom stereocenters. The molecule has 0 radical (unpaired) electrons. The summed E-state index contributed by atoms with van der Waals surface area (Å²) in [5.41, 5.74) is 0.965. The van der Waals surface area contributed by atoms with E-state index in [0.29, 0.717) is 5.76 Å². The van der Waals surface area contributed by atoms with Crippen LogP contribution in [-0.2, 0) is 14.3 Å². The molecule has 5 nitrogen and oxygen atoms in total. The molecule has 3 rings (SSSR count). The number of furan rings is 1. The van der Waals surface area contributed by atoms with Crippen LogP contribution in [-0.4, -0.2) is 18.5 Å². The molecule has 1 N–H and O–H groups in total. The number of carbonyl (C=O) groups is 2. The number of thiophene rings is 1. The summed E-state index contributed by atoms with van der Waals surface area (Å²) in [6.45, 7) is -0.351. The molecule has 2 heterocycles. The second-order valence-corrected chi connectivity index (χ2v) is 6.36. The molecule has 0 bridgehead atoms. The molecule has 0 fully saturated rings. The minimum absolute atomic E-state index is 0.277. The van der Waals surface area contributed by atoms with Gasteiger partial charge in [0.1, 0.15) is 5.76 Å². The summed E-state index contributed by atoms with van der Waals surface area (Å²) in [5.74, 6) is -0.441. The van der Waals surface area contributed by atoms with Crippen molar-refractivity contribution in [2.24, 2.45) is 0 Å². The molecule has 6 heteroatoms. The third kappa shape index (κ3) is 4.94. The quantitative estimate of drug-likeness (QED) is 0.509. The third-order valence-corrected chi connectivity index (χ3v) is 4.48. The maximum Gasteiger partial charge on any atom is 0.331 e. The number of rotatable bonds is 7. The second-order valence-electron chi connectivity index (χ2n) is 5.38. The number of amides is 1. The number of ether oxygens (including phenoxy) is 1. The van der Waals surface area contributed by atoms with Crippen LogP contribution in [0.1, 0.15) is 22.2 Å². The monoisotopic (exact) mass is 367 g/mol. The van der Waals surface area contributed by atoms with Gasteiger partial charge in [0.2, 0.25) is 0 Å². The van der Waals surface area contributed by atoms with E-state index < -0.39 is 5.97 Å². The number of carbonyl (C=O) groups excluding carboxylic acids is 2. The van der Waals surface area contributed by atoms with E-state index >= 15 is 0 Å². The fourth-order valence-electron chi connectivity index (χ4n) is 2.34. The molecule has 1 amide bonds. The van der Waals surface area contributed by atoms with Crippen molar-refractivity contribution < 1.29 is 18.7 Å². The molecule has 26 heavy (non-hydrogen) atoms. The first-order valence-electron chi connectivity index (χ1n) is 7.98. The van der Waals surface area contributed by atoms with Crippen LogP contribution in [0.4, 0.5) is 0 Å². The molecule has 132 valence electrons. The number of nitrogens with one attached hydrogen (secondary N) is 1. The van der Waals surface area contributed by atoms with Gasteiger partial charge in [-0.05, 0) is 35.2 Å². The standard InChI is InChI=1S/C20H17NO4S/c22-18(14-25-19(23)11-10-16-8-4-12-24-16)21-20(17-9-5-13-26-17)15-6-2-1-3-7-15/h1-13,20H,14H2,(H,21,22)/b11-10+/t20-/m1/s1. The third-order valence-electron chi connectivity index (χ3n) is 3.54. The zero-order valence-electron chi connectivity index (χ0n) is 13.8. The SMILES string of the molecule is O=C(COC(=O)/C=C/c1ccco1)N[C@H](c1ccccc1)c1cccs1. The van der Waals surface area contributed by atoms with Gasteiger partial charge in [-0.3, -0.25) is 4.79 Å². The molecule has 1 aromatic carbocycles. The largest absolute Gasteiger partial charge is 0.465 e. The Hall–Kier alpha value is -3.12. The Morgan fingerprint density at radius 3 is 2.65 bits per heavy atom. The van der Waals surface area contributed by atoms with Gasteiger partial charge in [0.05, 0.1) is 12.3 Å². The van der Waals surface area contributed by atoms with Gasteiger partial charge in [-0.15, -0.1) is 11.3 Å². The summed E-state index contributed by atoms with van der Waals surface area (Å²) in [6, 6.07) is 16.7. The number of esters is 1. The van der Waals surface area contributed by atoms with E-state index in [-0.39, 0.29) is 18.6 Å². The van der Waals surface area contributed by atoms with Gasteiger partial charge in [-0.1, -0.05) is 36.4 Å². The number of hydrogen-bond donors (Lipinski definition) is 1. The Morgan fingerprint density at radius 2 is 1.96 bits per heavy atom. The zero-order valence-corrected chi connectivity index (χ0v) is 14.6. The summed E-state index contributed by atoms with van der Waals surface area (Å²) >= 11 is 1.55. The predicted molar refractivity (Wildman–Crippen MR) is 99.4 cm³/mol. The molecular weight excluding hydrogens is 350 g/mol. The van der Waals surface area contributed by atoms with Gasteiger partial charge in [-0.25, -0.2) is 4.79 Å². The fourth-order valence-corrected chi connectivity index (χ4v) is 3.15. The lowest BCUT2D eigenvalue weighted by atomic mass is 10.1. The van der Waals surface area contributed by atoms with Crippen LogP contribution in [0.15, 0.2) is 76.7 Å². The highest BCUT2D eigenvalue weighted by Crippen LogP contribution is 2.25. The van der Waals surface area contributed by atoms with Crippen molar-refractivity contribution in [3.05, 3.63) is 88.5 Å². The van der Waals surface area contributed by atoms with E-state index in [1.54, 1.807) is 23.5 Å². The van der Waals surface area contributed by atoms with Gasteiger partial charge in [-0.2, -0.15) is 0 Å². The molecule has 0 spiro atoms. The summed E-state index contributed by atoms with van der Waals surface area (Å²) in [4.78, 5) is 24.9. The topological polar surface area (TPSA) is 68.5 Å². The highest BCUT2D eigenvalue weighted by atomic mass is 32.1. The van der Waals surface area contributed by atoms with Crippen molar-refractivity contribution in [2.75, 3.05) is 6.61 Å². The summed E-state index contributed by atoms with van der Waals surface area (Å²) in [6.07, 6.45) is 4.21. The molecule has 3 aromatic rings. The first-order chi connectivity index (χ1) is 12.7. The molecule has 0 saturated heterocycles. The van der Waals surface area contributed by atoms with Gasteiger partial charge in [0.15, 0.2) is 6.61 Å². The lowest BCUT2D eigenvalue weighted by Gasteiger charge is -2.18. The van der Waals surface area contributed by atoms with Gasteiger partial charge >= 0.3 is 5.97 Å². The number of benzene rings is 1. The van der Waals surface area contributed by atoms with Crippen LogP contribution in [0, 0.1) is 0 Å². The van der Waals surface area contributed by atoms with Crippen molar-refractivity contribution >= 4 is 29.3 Å². The molecule has 1 atom stereocenters. The van der Waals surface area contributed by atoms with Gasteiger partial charge < -0.3 is 14.5 Å². The Bertz CT molecular complexity index is 855. The lowest BCUT2D eigenvalue weighted by molar-refractivity contribution is -0.143.